The van der Waals surface area contributed by atoms with E-state index in [9.17, 15) is 14.9 Å². The number of aliphatic hydroxyl groups is 1. The van der Waals surface area contributed by atoms with Gasteiger partial charge in [0.1, 0.15) is 0 Å². The normalized spacial score (nSPS) is 14.7. The number of hydrogen-bond acceptors (Lipinski definition) is 5. The van der Waals surface area contributed by atoms with E-state index in [-0.39, 0.29) is 13.0 Å². The predicted octanol–water partition coefficient (Wildman–Crippen LogP) is -0.0343. The summed E-state index contributed by atoms with van der Waals surface area (Å²) in [6.07, 6.45) is -1.58. The van der Waals surface area contributed by atoms with Gasteiger partial charge in [-0.1, -0.05) is 6.92 Å². The zero-order valence-electron chi connectivity index (χ0n) is 7.60. The first kappa shape index (κ1) is 11.8. The number of esters is 1. The summed E-state index contributed by atoms with van der Waals surface area (Å²) in [6, 6.07) is -1.28. The Morgan fingerprint density at radius 3 is 2.46 bits per heavy atom. The molecule has 0 rings (SSSR count). The van der Waals surface area contributed by atoms with Crippen LogP contribution >= 0.6 is 0 Å². The number of rotatable bonds is 5. The van der Waals surface area contributed by atoms with E-state index in [1.807, 2.05) is 0 Å². The van der Waals surface area contributed by atoms with Gasteiger partial charge in [-0.15, -0.1) is 0 Å². The van der Waals surface area contributed by atoms with E-state index >= 15 is 0 Å². The van der Waals surface area contributed by atoms with Gasteiger partial charge in [0.05, 0.1) is 6.61 Å². The smallest absolute Gasteiger partial charge is 0.342 e. The van der Waals surface area contributed by atoms with Gasteiger partial charge < -0.3 is 9.84 Å². The van der Waals surface area contributed by atoms with Gasteiger partial charge in [0.2, 0.25) is 12.1 Å². The first-order chi connectivity index (χ1) is 6.04. The molecule has 0 bridgehead atoms. The van der Waals surface area contributed by atoms with Crippen LogP contribution in [0.25, 0.3) is 0 Å². The molecule has 0 aromatic heterocycles. The first-order valence-corrected chi connectivity index (χ1v) is 4.02. The zero-order chi connectivity index (χ0) is 10.4. The fourth-order valence-electron chi connectivity index (χ4n) is 0.872. The molecule has 0 spiro atoms. The van der Waals surface area contributed by atoms with Gasteiger partial charge in [-0.2, -0.15) is 0 Å². The Bertz CT molecular complexity index is 193. The van der Waals surface area contributed by atoms with Crippen LogP contribution in [0.2, 0.25) is 0 Å². The second kappa shape index (κ2) is 5.47. The van der Waals surface area contributed by atoms with Crippen molar-refractivity contribution < 1.29 is 19.6 Å². The largest absolute Gasteiger partial charge is 0.464 e. The second-order valence-corrected chi connectivity index (χ2v) is 2.46. The van der Waals surface area contributed by atoms with Crippen molar-refractivity contribution in [3.05, 3.63) is 10.1 Å². The lowest BCUT2D eigenvalue weighted by Gasteiger charge is -2.12. The van der Waals surface area contributed by atoms with Gasteiger partial charge >= 0.3 is 5.97 Å². The fourth-order valence-corrected chi connectivity index (χ4v) is 0.872. The maximum atomic E-state index is 10.9. The van der Waals surface area contributed by atoms with E-state index in [0.717, 1.165) is 0 Å². The van der Waals surface area contributed by atoms with Gasteiger partial charge in [-0.05, 0) is 6.92 Å². The lowest BCUT2D eigenvalue weighted by molar-refractivity contribution is -0.532. The third kappa shape index (κ3) is 3.37. The van der Waals surface area contributed by atoms with Crippen molar-refractivity contribution >= 4 is 5.97 Å². The molecular weight excluding hydrogens is 178 g/mol. The molecule has 0 fully saturated rings. The Balaban J connectivity index is 4.27. The minimum atomic E-state index is -1.67. The summed E-state index contributed by atoms with van der Waals surface area (Å²) in [6.45, 7) is 3.19. The van der Waals surface area contributed by atoms with Crippen LogP contribution in [0.3, 0.4) is 0 Å². The quantitative estimate of drug-likeness (QED) is 0.374. The molecule has 0 radical (unpaired) electrons. The predicted molar refractivity (Wildman–Crippen MR) is 43.7 cm³/mol. The Morgan fingerprint density at radius 2 is 2.15 bits per heavy atom. The molecule has 0 saturated heterocycles. The van der Waals surface area contributed by atoms with E-state index in [1.54, 1.807) is 6.92 Å². The number of nitrogens with zero attached hydrogens (tertiary/aromatic N) is 1. The van der Waals surface area contributed by atoms with Crippen molar-refractivity contribution in [2.24, 2.45) is 0 Å². The minimum absolute atomic E-state index is 0.0903. The number of hydrogen-bond donors (Lipinski definition) is 1. The summed E-state index contributed by atoms with van der Waals surface area (Å²) < 4.78 is 4.44. The monoisotopic (exact) mass is 191 g/mol. The highest BCUT2D eigenvalue weighted by atomic mass is 16.6. The van der Waals surface area contributed by atoms with Crippen LogP contribution in [0.5, 0.6) is 0 Å². The maximum Gasteiger partial charge on any atom is 0.342 e. The van der Waals surface area contributed by atoms with Gasteiger partial charge in [0.25, 0.3) is 0 Å². The molecule has 0 aliphatic carbocycles. The summed E-state index contributed by atoms with van der Waals surface area (Å²) in [7, 11) is 0. The van der Waals surface area contributed by atoms with Gasteiger partial charge in [-0.25, -0.2) is 4.79 Å². The van der Waals surface area contributed by atoms with Crippen LogP contribution in [0.15, 0.2) is 0 Å². The van der Waals surface area contributed by atoms with Gasteiger partial charge in [0.15, 0.2) is 0 Å². The van der Waals surface area contributed by atoms with Crippen LogP contribution in [-0.2, 0) is 9.53 Å². The standard InChI is InChI=1S/C7H13NO5/c1-3-5(8(11)12)6(9)7(10)13-4-2/h5-6,9H,3-4H2,1-2H3. The van der Waals surface area contributed by atoms with Crippen molar-refractivity contribution in [2.75, 3.05) is 6.61 Å². The molecule has 1 N–H and O–H groups in total. The third-order valence-electron chi connectivity index (χ3n) is 1.58. The van der Waals surface area contributed by atoms with Crippen molar-refractivity contribution in [1.29, 1.82) is 0 Å². The highest BCUT2D eigenvalue weighted by Gasteiger charge is 2.34. The Labute approximate surface area is 75.7 Å². The third-order valence-corrected chi connectivity index (χ3v) is 1.58. The summed E-state index contributed by atoms with van der Waals surface area (Å²) in [5.41, 5.74) is 0. The van der Waals surface area contributed by atoms with Crippen LogP contribution in [0.1, 0.15) is 20.3 Å². The van der Waals surface area contributed by atoms with Gasteiger partial charge in [0, 0.05) is 11.3 Å². The van der Waals surface area contributed by atoms with Crippen molar-refractivity contribution in [3.63, 3.8) is 0 Å². The number of carbonyl (C=O) groups is 1. The molecule has 0 aliphatic heterocycles. The summed E-state index contributed by atoms with van der Waals surface area (Å²) >= 11 is 0. The molecule has 13 heavy (non-hydrogen) atoms. The SMILES string of the molecule is CCOC(=O)C(O)C(CC)[N+](=O)[O-]. The van der Waals surface area contributed by atoms with E-state index in [0.29, 0.717) is 0 Å². The van der Waals surface area contributed by atoms with Crippen molar-refractivity contribution in [3.8, 4) is 0 Å². The topological polar surface area (TPSA) is 89.7 Å². The van der Waals surface area contributed by atoms with E-state index < -0.39 is 23.0 Å². The molecule has 76 valence electrons. The molecule has 0 aromatic rings. The van der Waals surface area contributed by atoms with Crippen LogP contribution < -0.4 is 0 Å². The number of carbonyl (C=O) groups excluding carboxylic acids is 1. The molecule has 0 amide bonds. The van der Waals surface area contributed by atoms with Crippen LogP contribution in [0.4, 0.5) is 0 Å². The van der Waals surface area contributed by atoms with Crippen molar-refractivity contribution in [2.45, 2.75) is 32.4 Å². The highest BCUT2D eigenvalue weighted by molar-refractivity contribution is 5.75. The molecule has 0 saturated carbocycles. The Kier molecular flexibility index (Phi) is 4.98. The summed E-state index contributed by atoms with van der Waals surface area (Å²) in [5.74, 6) is -0.939. The number of aliphatic hydroxyl groups excluding tert-OH is 1. The van der Waals surface area contributed by atoms with E-state index in [1.165, 1.54) is 6.92 Å². The zero-order valence-corrected chi connectivity index (χ0v) is 7.60. The molecule has 0 heterocycles. The lowest BCUT2D eigenvalue weighted by Crippen LogP contribution is -2.40. The molecule has 0 aliphatic rings. The highest BCUT2D eigenvalue weighted by Crippen LogP contribution is 2.04. The van der Waals surface area contributed by atoms with E-state index in [2.05, 4.69) is 4.74 Å². The molecule has 6 heteroatoms. The number of nitro groups is 1. The molecule has 2 unspecified atom stereocenters. The molecule has 2 atom stereocenters. The Hall–Kier alpha value is -1.17. The Morgan fingerprint density at radius 1 is 1.62 bits per heavy atom. The summed E-state index contributed by atoms with van der Waals surface area (Å²) in [4.78, 5) is 20.5. The maximum absolute atomic E-state index is 10.9. The average molecular weight is 191 g/mol. The van der Waals surface area contributed by atoms with Gasteiger partial charge in [-0.3, -0.25) is 10.1 Å². The molecule has 0 aromatic carbocycles. The summed E-state index contributed by atoms with van der Waals surface area (Å²) in [5, 5.41) is 19.5. The first-order valence-electron chi connectivity index (χ1n) is 4.02. The average Bonchev–Trinajstić information content (AvgIpc) is 2.05. The molecule has 6 nitrogen and oxygen atoms in total. The van der Waals surface area contributed by atoms with E-state index in [4.69, 9.17) is 5.11 Å². The van der Waals surface area contributed by atoms with Crippen molar-refractivity contribution in [1.82, 2.24) is 0 Å². The molecular formula is C7H13NO5. The minimum Gasteiger partial charge on any atom is -0.464 e. The van der Waals surface area contributed by atoms with Crippen LogP contribution in [0, 0.1) is 10.1 Å². The second-order valence-electron chi connectivity index (χ2n) is 2.46. The fraction of sp³-hybridized carbons (Fsp3) is 0.857. The number of ether oxygens (including phenoxy) is 1. The van der Waals surface area contributed by atoms with Crippen LogP contribution in [-0.4, -0.2) is 34.8 Å². The lowest BCUT2D eigenvalue weighted by atomic mass is 10.1.